The first-order valence-corrected chi connectivity index (χ1v) is 11.0. The molecule has 3 atom stereocenters. The predicted molar refractivity (Wildman–Crippen MR) is 124 cm³/mol. The summed E-state index contributed by atoms with van der Waals surface area (Å²) in [6.07, 6.45) is 0. The van der Waals surface area contributed by atoms with Crippen LogP contribution in [0, 0.1) is 11.8 Å². The van der Waals surface area contributed by atoms with Gasteiger partial charge in [-0.15, -0.1) is 0 Å². The molecule has 0 radical (unpaired) electrons. The van der Waals surface area contributed by atoms with Gasteiger partial charge in [0.2, 0.25) is 11.8 Å². The van der Waals surface area contributed by atoms with E-state index in [1.54, 1.807) is 24.3 Å². The second-order valence-corrected chi connectivity index (χ2v) is 8.61. The van der Waals surface area contributed by atoms with Crippen molar-refractivity contribution in [1.29, 1.82) is 0 Å². The van der Waals surface area contributed by atoms with E-state index in [1.807, 2.05) is 60.7 Å². The van der Waals surface area contributed by atoms with Crippen LogP contribution in [0.15, 0.2) is 84.9 Å². The summed E-state index contributed by atoms with van der Waals surface area (Å²) in [7, 11) is 1.28. The third-order valence-electron chi connectivity index (χ3n) is 6.56. The molecule has 0 aliphatic carbocycles. The first-order chi connectivity index (χ1) is 16.0. The normalized spacial score (nSPS) is 23.5. The Morgan fingerprint density at radius 2 is 1.42 bits per heavy atom. The number of halogens is 1. The molecule has 2 aliphatic rings. The van der Waals surface area contributed by atoms with E-state index in [0.29, 0.717) is 10.7 Å². The Labute approximate surface area is 196 Å². The third kappa shape index (κ3) is 3.17. The Morgan fingerprint density at radius 1 is 0.879 bits per heavy atom. The number of methoxy groups -OCH3 is 1. The molecule has 1 N–H and O–H groups in total. The summed E-state index contributed by atoms with van der Waals surface area (Å²) in [6.45, 7) is 0. The zero-order chi connectivity index (χ0) is 23.2. The Bertz CT molecular complexity index is 1170. The molecule has 0 aromatic heterocycles. The average Bonchev–Trinajstić information content (AvgIpc) is 3.35. The van der Waals surface area contributed by atoms with Crippen molar-refractivity contribution < 1.29 is 19.1 Å². The highest BCUT2D eigenvalue weighted by Gasteiger charge is 2.68. The number of fused-ring (bicyclic) bond motifs is 1. The number of carbonyl (C=O) groups is 3. The van der Waals surface area contributed by atoms with Gasteiger partial charge in [-0.2, -0.15) is 0 Å². The minimum absolute atomic E-state index is 0.376. The molecule has 3 aromatic carbocycles. The van der Waals surface area contributed by atoms with E-state index in [-0.39, 0.29) is 5.91 Å². The Hall–Kier alpha value is -3.48. The number of hydrogen-bond acceptors (Lipinski definition) is 5. The van der Waals surface area contributed by atoms with E-state index < -0.39 is 35.3 Å². The summed E-state index contributed by atoms with van der Waals surface area (Å²) in [5.41, 5.74) is 0.899. The van der Waals surface area contributed by atoms with Gasteiger partial charge in [-0.3, -0.25) is 19.7 Å². The highest BCUT2D eigenvalue weighted by Crippen LogP contribution is 2.52. The van der Waals surface area contributed by atoms with Gasteiger partial charge in [0.25, 0.3) is 0 Å². The number of nitrogens with one attached hydrogen (secondary N) is 1. The van der Waals surface area contributed by atoms with Gasteiger partial charge < -0.3 is 4.74 Å². The third-order valence-corrected chi connectivity index (χ3v) is 6.81. The fraction of sp³-hybridized carbons (Fsp3) is 0.192. The molecule has 0 spiro atoms. The quantitative estimate of drug-likeness (QED) is 0.476. The van der Waals surface area contributed by atoms with Crippen LogP contribution in [0.2, 0.25) is 5.02 Å². The van der Waals surface area contributed by atoms with E-state index in [4.69, 9.17) is 16.3 Å². The highest BCUT2D eigenvalue weighted by molar-refractivity contribution is 6.31. The summed E-state index contributed by atoms with van der Waals surface area (Å²) in [5, 5.41) is 3.86. The molecule has 7 heteroatoms. The van der Waals surface area contributed by atoms with Gasteiger partial charge in [0.15, 0.2) is 0 Å². The van der Waals surface area contributed by atoms with E-state index >= 15 is 0 Å². The van der Waals surface area contributed by atoms with Crippen molar-refractivity contribution in [2.24, 2.45) is 11.8 Å². The largest absolute Gasteiger partial charge is 0.468 e. The maximum Gasteiger partial charge on any atom is 0.323 e. The van der Waals surface area contributed by atoms with Crippen LogP contribution in [0.25, 0.3) is 0 Å². The first kappa shape index (κ1) is 21.4. The minimum atomic E-state index is -1.10. The van der Waals surface area contributed by atoms with Crippen molar-refractivity contribution in [3.8, 4) is 0 Å². The number of benzene rings is 3. The molecule has 2 amide bonds. The Kier molecular flexibility index (Phi) is 5.27. The number of ether oxygens (including phenoxy) is 1. The molecule has 2 fully saturated rings. The zero-order valence-corrected chi connectivity index (χ0v) is 18.5. The van der Waals surface area contributed by atoms with Crippen molar-refractivity contribution in [3.63, 3.8) is 0 Å². The lowest BCUT2D eigenvalue weighted by Crippen LogP contribution is -2.51. The van der Waals surface area contributed by atoms with Crippen LogP contribution in [0.3, 0.4) is 0 Å². The van der Waals surface area contributed by atoms with Gasteiger partial charge in [-0.05, 0) is 35.4 Å². The minimum Gasteiger partial charge on any atom is -0.468 e. The molecule has 166 valence electrons. The standard InChI is InChI=1S/C26H21ClN2O4/c1-33-25(32)22-20-21(24(31)29(23(20)30)19-14-12-18(27)13-15-19)26(28-22,16-8-4-2-5-9-16)17-10-6-3-7-11-17/h2-15,20-22,28H,1H3. The second-order valence-electron chi connectivity index (χ2n) is 8.18. The summed E-state index contributed by atoms with van der Waals surface area (Å²) >= 11 is 6.02. The average molecular weight is 461 g/mol. The van der Waals surface area contributed by atoms with Crippen LogP contribution in [-0.2, 0) is 24.7 Å². The fourth-order valence-corrected chi connectivity index (χ4v) is 5.31. The van der Waals surface area contributed by atoms with Gasteiger partial charge in [0, 0.05) is 5.02 Å². The molecule has 3 aromatic rings. The monoisotopic (exact) mass is 460 g/mol. The number of hydrogen-bond donors (Lipinski definition) is 1. The van der Waals surface area contributed by atoms with E-state index in [0.717, 1.165) is 11.1 Å². The maximum absolute atomic E-state index is 14.0. The van der Waals surface area contributed by atoms with Gasteiger partial charge in [-0.25, -0.2) is 4.90 Å². The first-order valence-electron chi connectivity index (χ1n) is 10.6. The number of anilines is 1. The summed E-state index contributed by atoms with van der Waals surface area (Å²) < 4.78 is 5.05. The Balaban J connectivity index is 1.74. The van der Waals surface area contributed by atoms with Crippen molar-refractivity contribution in [2.75, 3.05) is 12.0 Å². The molecular formula is C26H21ClN2O4. The lowest BCUT2D eigenvalue weighted by atomic mass is 9.72. The summed E-state index contributed by atoms with van der Waals surface area (Å²) in [4.78, 5) is 41.7. The number of esters is 1. The molecule has 3 unspecified atom stereocenters. The van der Waals surface area contributed by atoms with Crippen molar-refractivity contribution in [3.05, 3.63) is 101 Å². The van der Waals surface area contributed by atoms with Crippen LogP contribution in [0.5, 0.6) is 0 Å². The van der Waals surface area contributed by atoms with E-state index in [9.17, 15) is 14.4 Å². The van der Waals surface area contributed by atoms with Crippen LogP contribution in [0.1, 0.15) is 11.1 Å². The molecule has 2 saturated heterocycles. The number of rotatable bonds is 4. The SMILES string of the molecule is COC(=O)C1NC(c2ccccc2)(c2ccccc2)C2C(=O)N(c3ccc(Cl)cc3)C(=O)C12. The number of carbonyl (C=O) groups excluding carboxylic acids is 3. The van der Waals surface area contributed by atoms with Gasteiger partial charge >= 0.3 is 5.97 Å². The van der Waals surface area contributed by atoms with Crippen LogP contribution < -0.4 is 10.2 Å². The number of imide groups is 1. The molecule has 0 bridgehead atoms. The maximum atomic E-state index is 14.0. The van der Waals surface area contributed by atoms with Crippen LogP contribution >= 0.6 is 11.6 Å². The summed E-state index contributed by atoms with van der Waals surface area (Å²) in [6, 6.07) is 24.4. The van der Waals surface area contributed by atoms with E-state index in [1.165, 1.54) is 12.0 Å². The van der Waals surface area contributed by atoms with Crippen LogP contribution in [0.4, 0.5) is 5.69 Å². The van der Waals surface area contributed by atoms with Gasteiger partial charge in [-0.1, -0.05) is 72.3 Å². The van der Waals surface area contributed by atoms with Crippen molar-refractivity contribution >= 4 is 35.1 Å². The lowest BCUT2D eigenvalue weighted by molar-refractivity contribution is -0.145. The number of nitrogens with zero attached hydrogens (tertiary/aromatic N) is 1. The van der Waals surface area contributed by atoms with Gasteiger partial charge in [0.05, 0.1) is 30.2 Å². The zero-order valence-electron chi connectivity index (χ0n) is 17.8. The molecule has 6 nitrogen and oxygen atoms in total. The fourth-order valence-electron chi connectivity index (χ4n) is 5.18. The second kappa shape index (κ2) is 8.14. The Morgan fingerprint density at radius 3 is 1.94 bits per heavy atom. The molecular weight excluding hydrogens is 440 g/mol. The van der Waals surface area contributed by atoms with Crippen LogP contribution in [-0.4, -0.2) is 30.9 Å². The topological polar surface area (TPSA) is 75.7 Å². The van der Waals surface area contributed by atoms with Crippen molar-refractivity contribution in [1.82, 2.24) is 5.32 Å². The van der Waals surface area contributed by atoms with E-state index in [2.05, 4.69) is 5.32 Å². The molecule has 2 aliphatic heterocycles. The van der Waals surface area contributed by atoms with Crippen molar-refractivity contribution in [2.45, 2.75) is 11.6 Å². The summed E-state index contributed by atoms with van der Waals surface area (Å²) in [5.74, 6) is -3.18. The number of amides is 2. The smallest absolute Gasteiger partial charge is 0.323 e. The lowest BCUT2D eigenvalue weighted by Gasteiger charge is -2.36. The van der Waals surface area contributed by atoms with Gasteiger partial charge in [0.1, 0.15) is 6.04 Å². The predicted octanol–water partition coefficient (Wildman–Crippen LogP) is 3.53. The molecule has 33 heavy (non-hydrogen) atoms. The molecule has 5 rings (SSSR count). The molecule has 2 heterocycles. The molecule has 0 saturated carbocycles. The highest BCUT2D eigenvalue weighted by atomic mass is 35.5.